The van der Waals surface area contributed by atoms with Crippen molar-refractivity contribution in [1.82, 2.24) is 10.6 Å². The average Bonchev–Trinajstić information content (AvgIpc) is 2.33. The third kappa shape index (κ3) is 4.14. The normalized spacial score (nSPS) is 33.6. The first-order chi connectivity index (χ1) is 7.77. The number of halogens is 1. The second-order valence-corrected chi connectivity index (χ2v) is 5.42. The summed E-state index contributed by atoms with van der Waals surface area (Å²) < 4.78 is 0. The van der Waals surface area contributed by atoms with Crippen molar-refractivity contribution in [2.75, 3.05) is 13.1 Å². The molecule has 3 nitrogen and oxygen atoms in total. The summed E-state index contributed by atoms with van der Waals surface area (Å²) >= 11 is 0. The number of carbonyl (C=O) groups is 1. The lowest BCUT2D eigenvalue weighted by atomic mass is 9.85. The summed E-state index contributed by atoms with van der Waals surface area (Å²) in [6.45, 7) is 4.21. The van der Waals surface area contributed by atoms with Crippen LogP contribution in [0.2, 0.25) is 0 Å². The molecule has 0 spiro atoms. The first-order valence-electron chi connectivity index (χ1n) is 6.78. The Morgan fingerprint density at radius 3 is 2.59 bits per heavy atom. The molecule has 2 N–H and O–H groups in total. The maximum atomic E-state index is 12.1. The van der Waals surface area contributed by atoms with E-state index in [2.05, 4.69) is 17.6 Å². The molecule has 1 saturated carbocycles. The van der Waals surface area contributed by atoms with Gasteiger partial charge in [-0.15, -0.1) is 12.4 Å². The van der Waals surface area contributed by atoms with E-state index in [-0.39, 0.29) is 24.2 Å². The standard InChI is InChI=1S/C13H24N2O.ClH/c1-10-5-2-3-7-12(10)15-13(16)11-6-4-8-14-9-11;/h10-12,14H,2-9H2,1H3,(H,15,16);1H. The SMILES string of the molecule is CC1CCCCC1NC(=O)C1CCCNC1.Cl. The van der Waals surface area contributed by atoms with Gasteiger partial charge in [-0.1, -0.05) is 19.8 Å². The van der Waals surface area contributed by atoms with Crippen LogP contribution >= 0.6 is 12.4 Å². The highest BCUT2D eigenvalue weighted by Gasteiger charge is 2.27. The van der Waals surface area contributed by atoms with Crippen LogP contribution in [0.1, 0.15) is 45.4 Å². The van der Waals surface area contributed by atoms with Crippen LogP contribution in [-0.4, -0.2) is 25.0 Å². The molecule has 0 bridgehead atoms. The molecule has 100 valence electrons. The van der Waals surface area contributed by atoms with Crippen molar-refractivity contribution in [2.45, 2.75) is 51.5 Å². The van der Waals surface area contributed by atoms with Crippen molar-refractivity contribution in [1.29, 1.82) is 0 Å². The molecule has 1 saturated heterocycles. The predicted octanol–water partition coefficient (Wildman–Crippen LogP) is 2.10. The monoisotopic (exact) mass is 260 g/mol. The maximum Gasteiger partial charge on any atom is 0.224 e. The van der Waals surface area contributed by atoms with Crippen molar-refractivity contribution in [3.05, 3.63) is 0 Å². The van der Waals surface area contributed by atoms with Gasteiger partial charge >= 0.3 is 0 Å². The van der Waals surface area contributed by atoms with E-state index in [0.29, 0.717) is 12.0 Å². The quantitative estimate of drug-likeness (QED) is 0.799. The molecule has 0 aromatic heterocycles. The van der Waals surface area contributed by atoms with Gasteiger partial charge in [0.15, 0.2) is 0 Å². The first-order valence-corrected chi connectivity index (χ1v) is 6.78. The van der Waals surface area contributed by atoms with Gasteiger partial charge in [-0.2, -0.15) is 0 Å². The van der Waals surface area contributed by atoms with E-state index >= 15 is 0 Å². The van der Waals surface area contributed by atoms with Gasteiger partial charge in [0, 0.05) is 12.6 Å². The van der Waals surface area contributed by atoms with Crippen molar-refractivity contribution in [2.24, 2.45) is 11.8 Å². The third-order valence-corrected chi connectivity index (χ3v) is 4.11. The van der Waals surface area contributed by atoms with Crippen LogP contribution in [0.15, 0.2) is 0 Å². The minimum Gasteiger partial charge on any atom is -0.353 e. The lowest BCUT2D eigenvalue weighted by Gasteiger charge is -2.31. The smallest absolute Gasteiger partial charge is 0.224 e. The van der Waals surface area contributed by atoms with Crippen molar-refractivity contribution in [3.8, 4) is 0 Å². The van der Waals surface area contributed by atoms with E-state index in [9.17, 15) is 4.79 Å². The summed E-state index contributed by atoms with van der Waals surface area (Å²) in [4.78, 5) is 12.1. The second kappa shape index (κ2) is 7.22. The Kier molecular flexibility index (Phi) is 6.28. The summed E-state index contributed by atoms with van der Waals surface area (Å²) in [5.41, 5.74) is 0. The molecule has 3 unspecified atom stereocenters. The molecule has 0 radical (unpaired) electrons. The Hall–Kier alpha value is -0.280. The topological polar surface area (TPSA) is 41.1 Å². The van der Waals surface area contributed by atoms with Crippen LogP contribution in [0.25, 0.3) is 0 Å². The highest BCUT2D eigenvalue weighted by atomic mass is 35.5. The summed E-state index contributed by atoms with van der Waals surface area (Å²) in [6, 6.07) is 0.433. The zero-order valence-electron chi connectivity index (χ0n) is 10.7. The molecule has 4 heteroatoms. The van der Waals surface area contributed by atoms with Crippen LogP contribution in [0, 0.1) is 11.8 Å². The van der Waals surface area contributed by atoms with Gasteiger partial charge in [0.2, 0.25) is 5.91 Å². The molecule has 0 aromatic carbocycles. The molecule has 1 amide bonds. The van der Waals surface area contributed by atoms with E-state index in [1.807, 2.05) is 0 Å². The van der Waals surface area contributed by atoms with Crippen LogP contribution in [0.4, 0.5) is 0 Å². The van der Waals surface area contributed by atoms with Gasteiger partial charge in [0.1, 0.15) is 0 Å². The molecule has 2 rings (SSSR count). The number of nitrogens with one attached hydrogen (secondary N) is 2. The lowest BCUT2D eigenvalue weighted by Crippen LogP contribution is -2.47. The van der Waals surface area contributed by atoms with Crippen molar-refractivity contribution >= 4 is 18.3 Å². The number of hydrogen-bond donors (Lipinski definition) is 2. The zero-order valence-corrected chi connectivity index (χ0v) is 11.5. The predicted molar refractivity (Wildman–Crippen MR) is 72.4 cm³/mol. The fraction of sp³-hybridized carbons (Fsp3) is 0.923. The first kappa shape index (κ1) is 14.8. The Balaban J connectivity index is 0.00000144. The summed E-state index contributed by atoms with van der Waals surface area (Å²) in [6.07, 6.45) is 7.25. The van der Waals surface area contributed by atoms with Gasteiger partial charge in [-0.3, -0.25) is 4.79 Å². The molecule has 1 aliphatic heterocycles. The minimum atomic E-state index is 0. The number of hydrogen-bond acceptors (Lipinski definition) is 2. The largest absolute Gasteiger partial charge is 0.353 e. The average molecular weight is 261 g/mol. The Morgan fingerprint density at radius 2 is 1.94 bits per heavy atom. The molecular formula is C13H25ClN2O. The van der Waals surface area contributed by atoms with Gasteiger partial charge in [0.25, 0.3) is 0 Å². The third-order valence-electron chi connectivity index (χ3n) is 4.11. The number of amides is 1. The van der Waals surface area contributed by atoms with E-state index in [1.54, 1.807) is 0 Å². The number of rotatable bonds is 2. The second-order valence-electron chi connectivity index (χ2n) is 5.42. The summed E-state index contributed by atoms with van der Waals surface area (Å²) in [7, 11) is 0. The van der Waals surface area contributed by atoms with E-state index in [1.165, 1.54) is 25.7 Å². The van der Waals surface area contributed by atoms with Gasteiger partial charge < -0.3 is 10.6 Å². The maximum absolute atomic E-state index is 12.1. The van der Waals surface area contributed by atoms with Crippen LogP contribution in [0.5, 0.6) is 0 Å². The van der Waals surface area contributed by atoms with Gasteiger partial charge in [-0.05, 0) is 38.1 Å². The molecule has 0 aromatic rings. The summed E-state index contributed by atoms with van der Waals surface area (Å²) in [5.74, 6) is 1.16. The van der Waals surface area contributed by atoms with Gasteiger partial charge in [-0.25, -0.2) is 0 Å². The Morgan fingerprint density at radius 1 is 1.18 bits per heavy atom. The van der Waals surface area contributed by atoms with E-state index in [4.69, 9.17) is 0 Å². The van der Waals surface area contributed by atoms with E-state index < -0.39 is 0 Å². The summed E-state index contributed by atoms with van der Waals surface area (Å²) in [5, 5.41) is 6.56. The van der Waals surface area contributed by atoms with Crippen molar-refractivity contribution in [3.63, 3.8) is 0 Å². The Labute approximate surface area is 111 Å². The minimum absolute atomic E-state index is 0. The van der Waals surface area contributed by atoms with Crippen LogP contribution < -0.4 is 10.6 Å². The molecule has 2 aliphatic rings. The van der Waals surface area contributed by atoms with Crippen molar-refractivity contribution < 1.29 is 4.79 Å². The molecule has 1 aliphatic carbocycles. The molecular weight excluding hydrogens is 236 g/mol. The number of piperidine rings is 1. The fourth-order valence-corrected chi connectivity index (χ4v) is 2.91. The molecule has 3 atom stereocenters. The molecule has 1 heterocycles. The van der Waals surface area contributed by atoms with Crippen LogP contribution in [0.3, 0.4) is 0 Å². The fourth-order valence-electron chi connectivity index (χ4n) is 2.91. The molecule has 2 fully saturated rings. The zero-order chi connectivity index (χ0) is 11.4. The van der Waals surface area contributed by atoms with E-state index in [0.717, 1.165) is 25.9 Å². The molecule has 17 heavy (non-hydrogen) atoms. The highest BCUT2D eigenvalue weighted by Crippen LogP contribution is 2.24. The Bertz CT molecular complexity index is 242. The number of carbonyl (C=O) groups excluding carboxylic acids is 1. The van der Waals surface area contributed by atoms with Gasteiger partial charge in [0.05, 0.1) is 5.92 Å². The lowest BCUT2D eigenvalue weighted by molar-refractivity contribution is -0.126. The highest BCUT2D eigenvalue weighted by molar-refractivity contribution is 5.85. The van der Waals surface area contributed by atoms with Crippen LogP contribution in [-0.2, 0) is 4.79 Å².